The Bertz CT molecular complexity index is 536. The molecule has 1 amide bonds. The molecule has 0 spiro atoms. The van der Waals surface area contributed by atoms with Crippen LogP contribution in [0.5, 0.6) is 0 Å². The van der Waals surface area contributed by atoms with Gasteiger partial charge >= 0.3 is 0 Å². The van der Waals surface area contributed by atoms with Crippen molar-refractivity contribution in [3.05, 3.63) is 45.9 Å². The van der Waals surface area contributed by atoms with Crippen molar-refractivity contribution in [1.82, 2.24) is 4.98 Å². The van der Waals surface area contributed by atoms with Crippen LogP contribution >= 0.6 is 22.9 Å². The number of carbonyl (C=O) groups is 1. The lowest BCUT2D eigenvalue weighted by Crippen LogP contribution is -2.25. The highest BCUT2D eigenvalue weighted by molar-refractivity contribution is 7.14. The predicted molar refractivity (Wildman–Crippen MR) is 71.0 cm³/mol. The zero-order chi connectivity index (χ0) is 12.4. The van der Waals surface area contributed by atoms with Crippen LogP contribution in [0.15, 0.2) is 29.6 Å². The van der Waals surface area contributed by atoms with E-state index in [0.29, 0.717) is 15.7 Å². The molecule has 0 aliphatic rings. The fourth-order valence-electron chi connectivity index (χ4n) is 1.37. The zero-order valence-electron chi connectivity index (χ0n) is 9.48. The van der Waals surface area contributed by atoms with Gasteiger partial charge in [0.05, 0.1) is 5.69 Å². The SMILES string of the molecule is Cc1csc(N(C)C(=O)c2ccc(Cl)cc2)n1. The topological polar surface area (TPSA) is 33.2 Å². The van der Waals surface area contributed by atoms with Crippen molar-refractivity contribution in [2.24, 2.45) is 0 Å². The van der Waals surface area contributed by atoms with E-state index in [2.05, 4.69) is 4.98 Å². The van der Waals surface area contributed by atoms with Gasteiger partial charge in [0.25, 0.3) is 5.91 Å². The second kappa shape index (κ2) is 4.85. The number of carbonyl (C=O) groups excluding carboxylic acids is 1. The molecule has 0 aliphatic carbocycles. The summed E-state index contributed by atoms with van der Waals surface area (Å²) in [7, 11) is 1.72. The molecular formula is C12H11ClN2OS. The van der Waals surface area contributed by atoms with Crippen LogP contribution in [-0.4, -0.2) is 17.9 Å². The van der Waals surface area contributed by atoms with E-state index in [4.69, 9.17) is 11.6 Å². The number of amides is 1. The molecule has 2 rings (SSSR count). The monoisotopic (exact) mass is 266 g/mol. The number of aryl methyl sites for hydroxylation is 1. The fraction of sp³-hybridized carbons (Fsp3) is 0.167. The van der Waals surface area contributed by atoms with Crippen molar-refractivity contribution in [2.45, 2.75) is 6.92 Å². The summed E-state index contributed by atoms with van der Waals surface area (Å²) in [6, 6.07) is 6.83. The smallest absolute Gasteiger partial charge is 0.259 e. The molecule has 5 heteroatoms. The van der Waals surface area contributed by atoms with Crippen molar-refractivity contribution in [3.8, 4) is 0 Å². The summed E-state index contributed by atoms with van der Waals surface area (Å²) in [5.74, 6) is -0.0870. The predicted octanol–water partition coefficient (Wildman–Crippen LogP) is 3.38. The molecule has 88 valence electrons. The molecule has 0 aliphatic heterocycles. The number of benzene rings is 1. The Balaban J connectivity index is 2.23. The zero-order valence-corrected chi connectivity index (χ0v) is 11.0. The Morgan fingerprint density at radius 3 is 2.53 bits per heavy atom. The van der Waals surface area contributed by atoms with Crippen LogP contribution in [0.1, 0.15) is 16.1 Å². The molecule has 0 atom stereocenters. The van der Waals surface area contributed by atoms with Crippen molar-refractivity contribution < 1.29 is 4.79 Å². The highest BCUT2D eigenvalue weighted by atomic mass is 35.5. The van der Waals surface area contributed by atoms with Gasteiger partial charge in [-0.1, -0.05) is 11.6 Å². The minimum absolute atomic E-state index is 0.0870. The van der Waals surface area contributed by atoms with Crippen molar-refractivity contribution >= 4 is 34.0 Å². The number of anilines is 1. The third kappa shape index (κ3) is 2.65. The lowest BCUT2D eigenvalue weighted by molar-refractivity contribution is 0.0993. The molecule has 0 radical (unpaired) electrons. The first-order chi connectivity index (χ1) is 8.08. The maximum Gasteiger partial charge on any atom is 0.259 e. The summed E-state index contributed by atoms with van der Waals surface area (Å²) in [4.78, 5) is 17.9. The third-order valence-electron chi connectivity index (χ3n) is 2.29. The Hall–Kier alpha value is -1.39. The maximum absolute atomic E-state index is 12.1. The van der Waals surface area contributed by atoms with Gasteiger partial charge in [-0.2, -0.15) is 0 Å². The summed E-state index contributed by atoms with van der Waals surface area (Å²) in [6.45, 7) is 1.90. The summed E-state index contributed by atoms with van der Waals surface area (Å²) < 4.78 is 0. The number of hydrogen-bond acceptors (Lipinski definition) is 3. The van der Waals surface area contributed by atoms with Crippen LogP contribution in [0, 0.1) is 6.92 Å². The van der Waals surface area contributed by atoms with Gasteiger partial charge in [0.1, 0.15) is 0 Å². The molecule has 0 bridgehead atoms. The van der Waals surface area contributed by atoms with Gasteiger partial charge in [-0.25, -0.2) is 4.98 Å². The summed E-state index contributed by atoms with van der Waals surface area (Å²) in [6.07, 6.45) is 0. The maximum atomic E-state index is 12.1. The van der Waals surface area contributed by atoms with E-state index in [9.17, 15) is 4.79 Å². The molecule has 3 nitrogen and oxygen atoms in total. The first kappa shape index (κ1) is 12.1. The molecule has 0 fully saturated rings. The van der Waals surface area contributed by atoms with Crippen LogP contribution in [0.4, 0.5) is 5.13 Å². The number of aromatic nitrogens is 1. The van der Waals surface area contributed by atoms with Crippen LogP contribution in [0.2, 0.25) is 5.02 Å². The largest absolute Gasteiger partial charge is 0.287 e. The Kier molecular flexibility index (Phi) is 3.45. The van der Waals surface area contributed by atoms with Crippen molar-refractivity contribution in [3.63, 3.8) is 0 Å². The number of hydrogen-bond donors (Lipinski definition) is 0. The summed E-state index contributed by atoms with van der Waals surface area (Å²) in [5, 5.41) is 3.23. The number of rotatable bonds is 2. The normalized spacial score (nSPS) is 10.3. The molecule has 0 saturated carbocycles. The van der Waals surface area contributed by atoms with Crippen molar-refractivity contribution in [2.75, 3.05) is 11.9 Å². The van der Waals surface area contributed by atoms with E-state index in [-0.39, 0.29) is 5.91 Å². The molecule has 1 heterocycles. The van der Waals surface area contributed by atoms with Gasteiger partial charge in [-0.15, -0.1) is 11.3 Å². The molecule has 0 unspecified atom stereocenters. The minimum Gasteiger partial charge on any atom is -0.287 e. The standard InChI is InChI=1S/C12H11ClN2OS/c1-8-7-17-12(14-8)15(2)11(16)9-3-5-10(13)6-4-9/h3-7H,1-2H3. The van der Waals surface area contributed by atoms with E-state index in [1.54, 1.807) is 36.2 Å². The molecule has 2 aromatic rings. The van der Waals surface area contributed by atoms with Crippen molar-refractivity contribution in [1.29, 1.82) is 0 Å². The van der Waals surface area contributed by atoms with Gasteiger partial charge in [0.15, 0.2) is 5.13 Å². The highest BCUT2D eigenvalue weighted by Crippen LogP contribution is 2.21. The highest BCUT2D eigenvalue weighted by Gasteiger charge is 2.15. The second-order valence-corrected chi connectivity index (χ2v) is 4.92. The van der Waals surface area contributed by atoms with Gasteiger partial charge in [0.2, 0.25) is 0 Å². The average molecular weight is 267 g/mol. The van der Waals surface area contributed by atoms with Gasteiger partial charge in [-0.3, -0.25) is 9.69 Å². The fourth-order valence-corrected chi connectivity index (χ4v) is 2.26. The van der Waals surface area contributed by atoms with Crippen LogP contribution in [0.25, 0.3) is 0 Å². The molecule has 0 N–H and O–H groups in total. The molecule has 0 saturated heterocycles. The van der Waals surface area contributed by atoms with E-state index < -0.39 is 0 Å². The Labute approximate surface area is 109 Å². The molecule has 1 aromatic heterocycles. The minimum atomic E-state index is -0.0870. The number of halogens is 1. The van der Waals surface area contributed by atoms with E-state index in [1.807, 2.05) is 12.3 Å². The molecule has 1 aromatic carbocycles. The Morgan fingerprint density at radius 1 is 1.35 bits per heavy atom. The van der Waals surface area contributed by atoms with E-state index >= 15 is 0 Å². The van der Waals surface area contributed by atoms with E-state index in [0.717, 1.165) is 5.69 Å². The van der Waals surface area contributed by atoms with Gasteiger partial charge < -0.3 is 0 Å². The van der Waals surface area contributed by atoms with E-state index in [1.165, 1.54) is 11.3 Å². The summed E-state index contributed by atoms with van der Waals surface area (Å²) in [5.41, 5.74) is 1.52. The lowest BCUT2D eigenvalue weighted by Gasteiger charge is -2.13. The second-order valence-electron chi connectivity index (χ2n) is 3.64. The van der Waals surface area contributed by atoms with Crippen LogP contribution in [0.3, 0.4) is 0 Å². The molecule has 17 heavy (non-hydrogen) atoms. The van der Waals surface area contributed by atoms with Gasteiger partial charge in [-0.05, 0) is 31.2 Å². The summed E-state index contributed by atoms with van der Waals surface area (Å²) >= 11 is 7.23. The Morgan fingerprint density at radius 2 is 2.00 bits per heavy atom. The lowest BCUT2D eigenvalue weighted by atomic mass is 10.2. The van der Waals surface area contributed by atoms with Crippen LogP contribution < -0.4 is 4.90 Å². The average Bonchev–Trinajstić information content (AvgIpc) is 2.75. The number of nitrogens with zero attached hydrogens (tertiary/aromatic N) is 2. The third-order valence-corrected chi connectivity index (χ3v) is 3.58. The number of thiazole rings is 1. The van der Waals surface area contributed by atoms with Crippen LogP contribution in [-0.2, 0) is 0 Å². The first-order valence-corrected chi connectivity index (χ1v) is 6.29. The quantitative estimate of drug-likeness (QED) is 0.835. The first-order valence-electron chi connectivity index (χ1n) is 5.03. The van der Waals surface area contributed by atoms with Gasteiger partial charge in [0, 0.05) is 23.0 Å². The molecular weight excluding hydrogens is 256 g/mol.